The zero-order chi connectivity index (χ0) is 12.6. The Morgan fingerprint density at radius 3 is 2.61 bits per heavy atom. The standard InChI is InChI=1S/C17H25N/c1-15(17-12-6-3-7-13-17)18-14-8-11-16-9-4-2-5-10-16/h3,6-8,11-13,15-16,18H,2,4-5,9-10,14H2,1H3. The highest BCUT2D eigenvalue weighted by Crippen LogP contribution is 2.24. The fraction of sp³-hybridized carbons (Fsp3) is 0.529. The van der Waals surface area contributed by atoms with Gasteiger partial charge in [-0.15, -0.1) is 0 Å². The van der Waals surface area contributed by atoms with Crippen LogP contribution in [0.2, 0.25) is 0 Å². The third-order valence-electron chi connectivity index (χ3n) is 3.90. The van der Waals surface area contributed by atoms with E-state index in [1.54, 1.807) is 0 Å². The highest BCUT2D eigenvalue weighted by molar-refractivity contribution is 5.18. The van der Waals surface area contributed by atoms with Crippen LogP contribution in [-0.2, 0) is 0 Å². The van der Waals surface area contributed by atoms with E-state index >= 15 is 0 Å². The molecule has 1 atom stereocenters. The van der Waals surface area contributed by atoms with Gasteiger partial charge in [0.15, 0.2) is 0 Å². The first kappa shape index (κ1) is 13.4. The summed E-state index contributed by atoms with van der Waals surface area (Å²) in [5.41, 5.74) is 1.36. The van der Waals surface area contributed by atoms with E-state index in [4.69, 9.17) is 0 Å². The van der Waals surface area contributed by atoms with Gasteiger partial charge in [-0.25, -0.2) is 0 Å². The maximum atomic E-state index is 3.55. The van der Waals surface area contributed by atoms with Gasteiger partial charge in [0.1, 0.15) is 0 Å². The van der Waals surface area contributed by atoms with Gasteiger partial charge in [0.05, 0.1) is 0 Å². The molecule has 1 aromatic rings. The van der Waals surface area contributed by atoms with Crippen molar-refractivity contribution in [2.75, 3.05) is 6.54 Å². The summed E-state index contributed by atoms with van der Waals surface area (Å²) in [5, 5.41) is 3.55. The summed E-state index contributed by atoms with van der Waals surface area (Å²) in [6.45, 7) is 3.20. The van der Waals surface area contributed by atoms with Crippen molar-refractivity contribution in [3.8, 4) is 0 Å². The second-order valence-electron chi connectivity index (χ2n) is 5.37. The Bertz CT molecular complexity index is 349. The van der Waals surface area contributed by atoms with Crippen molar-refractivity contribution in [1.82, 2.24) is 5.32 Å². The van der Waals surface area contributed by atoms with Gasteiger partial charge in [-0.05, 0) is 31.2 Å². The third kappa shape index (κ3) is 4.30. The molecule has 1 fully saturated rings. The van der Waals surface area contributed by atoms with Gasteiger partial charge in [0, 0.05) is 12.6 Å². The predicted molar refractivity (Wildman–Crippen MR) is 78.6 cm³/mol. The Morgan fingerprint density at radius 1 is 1.17 bits per heavy atom. The lowest BCUT2D eigenvalue weighted by Crippen LogP contribution is -2.18. The molecule has 0 spiro atoms. The Balaban J connectivity index is 1.70. The molecule has 1 aliphatic rings. The van der Waals surface area contributed by atoms with Crippen LogP contribution in [0.4, 0.5) is 0 Å². The molecule has 2 rings (SSSR count). The number of nitrogens with one attached hydrogen (secondary N) is 1. The second kappa shape index (κ2) is 7.38. The predicted octanol–water partition coefficient (Wildman–Crippen LogP) is 4.47. The normalized spacial score (nSPS) is 19.2. The van der Waals surface area contributed by atoms with E-state index in [1.165, 1.54) is 37.7 Å². The fourth-order valence-corrected chi connectivity index (χ4v) is 2.69. The molecule has 0 saturated heterocycles. The van der Waals surface area contributed by atoms with E-state index in [2.05, 4.69) is 54.7 Å². The molecule has 1 saturated carbocycles. The number of benzene rings is 1. The van der Waals surface area contributed by atoms with Crippen molar-refractivity contribution in [2.45, 2.75) is 45.1 Å². The summed E-state index contributed by atoms with van der Waals surface area (Å²) in [5.74, 6) is 0.840. The SMILES string of the molecule is CC(NCC=CC1CCCCC1)c1ccccc1. The Labute approximate surface area is 111 Å². The Hall–Kier alpha value is -1.08. The number of hydrogen-bond donors (Lipinski definition) is 1. The molecule has 0 radical (unpaired) electrons. The zero-order valence-electron chi connectivity index (χ0n) is 11.4. The van der Waals surface area contributed by atoms with Gasteiger partial charge in [-0.2, -0.15) is 0 Å². The first-order valence-corrected chi connectivity index (χ1v) is 7.31. The molecule has 0 amide bonds. The van der Waals surface area contributed by atoms with E-state index in [0.717, 1.165) is 12.5 Å². The molecule has 1 nitrogen and oxygen atoms in total. The molecule has 1 aromatic carbocycles. The van der Waals surface area contributed by atoms with Crippen LogP contribution in [0.5, 0.6) is 0 Å². The van der Waals surface area contributed by atoms with E-state index in [-0.39, 0.29) is 0 Å². The van der Waals surface area contributed by atoms with E-state index in [0.29, 0.717) is 6.04 Å². The van der Waals surface area contributed by atoms with Crippen LogP contribution >= 0.6 is 0 Å². The smallest absolute Gasteiger partial charge is 0.0294 e. The van der Waals surface area contributed by atoms with E-state index in [1.807, 2.05) is 0 Å². The first-order chi connectivity index (χ1) is 8.86. The summed E-state index contributed by atoms with van der Waals surface area (Å²) in [6.07, 6.45) is 11.8. The lowest BCUT2D eigenvalue weighted by molar-refractivity contribution is 0.418. The topological polar surface area (TPSA) is 12.0 Å². The highest BCUT2D eigenvalue weighted by atomic mass is 14.9. The zero-order valence-corrected chi connectivity index (χ0v) is 11.4. The fourth-order valence-electron chi connectivity index (χ4n) is 2.69. The van der Waals surface area contributed by atoms with Crippen LogP contribution in [0.3, 0.4) is 0 Å². The lowest BCUT2D eigenvalue weighted by Gasteiger charge is -2.18. The van der Waals surface area contributed by atoms with E-state index < -0.39 is 0 Å². The van der Waals surface area contributed by atoms with E-state index in [9.17, 15) is 0 Å². The largest absolute Gasteiger partial charge is 0.307 e. The molecule has 0 aliphatic heterocycles. The summed E-state index contributed by atoms with van der Waals surface area (Å²) >= 11 is 0. The minimum absolute atomic E-state index is 0.433. The number of allylic oxidation sites excluding steroid dienone is 1. The van der Waals surface area contributed by atoms with Crippen molar-refractivity contribution >= 4 is 0 Å². The van der Waals surface area contributed by atoms with Gasteiger partial charge < -0.3 is 5.32 Å². The molecule has 98 valence electrons. The maximum absolute atomic E-state index is 3.55. The van der Waals surface area contributed by atoms with Crippen molar-refractivity contribution < 1.29 is 0 Å². The molecule has 1 aliphatic carbocycles. The molecular weight excluding hydrogens is 218 g/mol. The number of rotatable bonds is 5. The van der Waals surface area contributed by atoms with Crippen LogP contribution in [0.25, 0.3) is 0 Å². The molecule has 1 unspecified atom stereocenters. The van der Waals surface area contributed by atoms with Gasteiger partial charge >= 0.3 is 0 Å². The van der Waals surface area contributed by atoms with Gasteiger partial charge in [0.2, 0.25) is 0 Å². The summed E-state index contributed by atoms with van der Waals surface area (Å²) < 4.78 is 0. The number of hydrogen-bond acceptors (Lipinski definition) is 1. The molecule has 0 aromatic heterocycles. The molecule has 1 heteroatoms. The average Bonchev–Trinajstić information content (AvgIpc) is 2.45. The summed E-state index contributed by atoms with van der Waals surface area (Å²) in [4.78, 5) is 0. The van der Waals surface area contributed by atoms with Crippen LogP contribution in [-0.4, -0.2) is 6.54 Å². The Morgan fingerprint density at radius 2 is 1.89 bits per heavy atom. The van der Waals surface area contributed by atoms with Crippen molar-refractivity contribution in [3.63, 3.8) is 0 Å². The van der Waals surface area contributed by atoms with Crippen molar-refractivity contribution in [3.05, 3.63) is 48.0 Å². The Kier molecular flexibility index (Phi) is 5.47. The van der Waals surface area contributed by atoms with Gasteiger partial charge in [-0.3, -0.25) is 0 Å². The first-order valence-electron chi connectivity index (χ1n) is 7.31. The third-order valence-corrected chi connectivity index (χ3v) is 3.90. The van der Waals surface area contributed by atoms with Crippen LogP contribution < -0.4 is 5.32 Å². The van der Waals surface area contributed by atoms with Crippen molar-refractivity contribution in [2.24, 2.45) is 5.92 Å². The van der Waals surface area contributed by atoms with Gasteiger partial charge in [0.25, 0.3) is 0 Å². The minimum Gasteiger partial charge on any atom is -0.307 e. The second-order valence-corrected chi connectivity index (χ2v) is 5.37. The summed E-state index contributed by atoms with van der Waals surface area (Å²) in [6, 6.07) is 11.1. The molecule has 0 heterocycles. The molecule has 0 bridgehead atoms. The molecule has 1 N–H and O–H groups in total. The quantitative estimate of drug-likeness (QED) is 0.752. The monoisotopic (exact) mass is 243 g/mol. The molecular formula is C17H25N. The average molecular weight is 243 g/mol. The van der Waals surface area contributed by atoms with Crippen LogP contribution in [0, 0.1) is 5.92 Å². The summed E-state index contributed by atoms with van der Waals surface area (Å²) in [7, 11) is 0. The van der Waals surface area contributed by atoms with Crippen LogP contribution in [0.1, 0.15) is 50.6 Å². The van der Waals surface area contributed by atoms with Crippen molar-refractivity contribution in [1.29, 1.82) is 0 Å². The minimum atomic E-state index is 0.433. The van der Waals surface area contributed by atoms with Crippen LogP contribution in [0.15, 0.2) is 42.5 Å². The maximum Gasteiger partial charge on any atom is 0.0294 e. The lowest BCUT2D eigenvalue weighted by atomic mass is 9.89. The molecule has 18 heavy (non-hydrogen) atoms. The highest BCUT2D eigenvalue weighted by Gasteiger charge is 2.09. The van der Waals surface area contributed by atoms with Gasteiger partial charge in [-0.1, -0.05) is 61.7 Å².